The molecule has 2 aliphatic carbocycles. The molecular formula is C47H53BN2Si. The van der Waals surface area contributed by atoms with E-state index in [1.54, 1.807) is 11.1 Å². The summed E-state index contributed by atoms with van der Waals surface area (Å²) in [4.78, 5) is 5.36. The van der Waals surface area contributed by atoms with Gasteiger partial charge >= 0.3 is 0 Å². The van der Waals surface area contributed by atoms with Crippen LogP contribution in [0, 0.1) is 24.7 Å². The van der Waals surface area contributed by atoms with E-state index in [1.165, 1.54) is 83.5 Å². The molecule has 5 aromatic carbocycles. The molecule has 258 valence electrons. The average Bonchev–Trinajstić information content (AvgIpc) is 3.54. The molecule has 0 saturated carbocycles. The van der Waals surface area contributed by atoms with Gasteiger partial charge in [0.05, 0.1) is 9.52 Å². The number of hydrogen-bond acceptors (Lipinski definition) is 2. The van der Waals surface area contributed by atoms with Crippen LogP contribution in [0.4, 0.5) is 34.1 Å². The molecule has 0 amide bonds. The fourth-order valence-corrected chi connectivity index (χ4v) is 10.7. The molecule has 0 spiro atoms. The third kappa shape index (κ3) is 5.11. The maximum absolute atomic E-state index is 2.70. The van der Waals surface area contributed by atoms with Crippen molar-refractivity contribution in [3.05, 3.63) is 118 Å². The first-order chi connectivity index (χ1) is 24.1. The number of benzene rings is 5. The molecule has 4 aliphatic rings. The molecule has 2 heterocycles. The van der Waals surface area contributed by atoms with Crippen molar-refractivity contribution in [1.29, 1.82) is 0 Å². The number of rotatable bonds is 3. The van der Waals surface area contributed by atoms with Crippen LogP contribution in [0.5, 0.6) is 0 Å². The molecule has 0 unspecified atom stereocenters. The summed E-state index contributed by atoms with van der Waals surface area (Å²) in [6.07, 6.45) is 4.54. The normalized spacial score (nSPS) is 17.8. The van der Waals surface area contributed by atoms with Gasteiger partial charge < -0.3 is 9.80 Å². The van der Waals surface area contributed by atoms with Crippen LogP contribution in [0.25, 0.3) is 0 Å². The van der Waals surface area contributed by atoms with Crippen LogP contribution < -0.4 is 31.4 Å². The van der Waals surface area contributed by atoms with Crippen molar-refractivity contribution < 1.29 is 0 Å². The van der Waals surface area contributed by atoms with Gasteiger partial charge in [-0.05, 0) is 148 Å². The van der Waals surface area contributed by atoms with Gasteiger partial charge in [-0.2, -0.15) is 0 Å². The fourth-order valence-electron chi connectivity index (χ4n) is 10.00. The third-order valence-corrected chi connectivity index (χ3v) is 13.8. The summed E-state index contributed by atoms with van der Waals surface area (Å²) in [6, 6.07) is 32.0. The molecule has 0 saturated heterocycles. The largest absolute Gasteiger partial charge is 0.311 e. The van der Waals surface area contributed by atoms with Crippen LogP contribution in [0.3, 0.4) is 0 Å². The van der Waals surface area contributed by atoms with E-state index in [9.17, 15) is 0 Å². The van der Waals surface area contributed by atoms with E-state index in [1.807, 2.05) is 0 Å². The van der Waals surface area contributed by atoms with E-state index in [0.29, 0.717) is 0 Å². The summed E-state index contributed by atoms with van der Waals surface area (Å²) < 4.78 is 0. The second-order valence-electron chi connectivity index (χ2n) is 18.9. The van der Waals surface area contributed by atoms with Gasteiger partial charge in [0.25, 0.3) is 6.71 Å². The lowest BCUT2D eigenvalue weighted by Crippen LogP contribution is -2.61. The van der Waals surface area contributed by atoms with Crippen LogP contribution in [-0.2, 0) is 31.1 Å². The predicted molar refractivity (Wildman–Crippen MR) is 225 cm³/mol. The molecule has 0 fully saturated rings. The predicted octanol–water partition coefficient (Wildman–Crippen LogP) is 8.78. The van der Waals surface area contributed by atoms with Crippen molar-refractivity contribution in [2.45, 2.75) is 100.0 Å². The van der Waals surface area contributed by atoms with E-state index >= 15 is 0 Å². The van der Waals surface area contributed by atoms with Crippen LogP contribution in [0.15, 0.2) is 78.9 Å². The molecule has 2 nitrogen and oxygen atoms in total. The molecule has 5 aromatic rings. The number of para-hydroxylation sites is 1. The first kappa shape index (κ1) is 32.9. The van der Waals surface area contributed by atoms with Gasteiger partial charge in [-0.3, -0.25) is 0 Å². The lowest BCUT2D eigenvalue weighted by molar-refractivity contribution is 0.392. The fraction of sp³-hybridized carbons (Fsp3) is 0.362. The van der Waals surface area contributed by atoms with Crippen molar-refractivity contribution in [3.63, 3.8) is 0 Å². The number of fused-ring (bicyclic) bond motifs is 6. The Morgan fingerprint density at radius 2 is 1.06 bits per heavy atom. The number of anilines is 6. The van der Waals surface area contributed by atoms with Crippen molar-refractivity contribution >= 4 is 71.9 Å². The summed E-state index contributed by atoms with van der Waals surface area (Å²) in [6.45, 7) is 24.1. The highest BCUT2D eigenvalue weighted by molar-refractivity contribution is 7.00. The van der Waals surface area contributed by atoms with E-state index in [2.05, 4.69) is 158 Å². The second-order valence-corrected chi connectivity index (χ2v) is 20.5. The minimum Gasteiger partial charge on any atom is -0.311 e. The quantitative estimate of drug-likeness (QED) is 0.172. The van der Waals surface area contributed by atoms with E-state index in [4.69, 9.17) is 0 Å². The van der Waals surface area contributed by atoms with E-state index < -0.39 is 0 Å². The van der Waals surface area contributed by atoms with Crippen LogP contribution in [-0.4, -0.2) is 16.2 Å². The monoisotopic (exact) mass is 684 g/mol. The third-order valence-electron chi connectivity index (χ3n) is 12.5. The molecule has 51 heavy (non-hydrogen) atoms. The molecule has 0 radical (unpaired) electrons. The molecule has 2 aliphatic heterocycles. The molecule has 0 N–H and O–H groups in total. The second kappa shape index (κ2) is 11.0. The standard InChI is InChI=1S/C47H53BN2Si/c1-28-13-11-12-14-38(28)49-40-19-32-26-46(6,7)24-30(32)17-36(40)48-37-18-31-25-47(8,9)27-33(31)20-41(37)50(39-23-35(51-10)16-15-29(39)2)43-22-34(45(3,4)5)21-42(49)44(43)48/h11-23H,24-27,51H2,1-10H3. The summed E-state index contributed by atoms with van der Waals surface area (Å²) in [7, 11) is -0.335. The lowest BCUT2D eigenvalue weighted by Gasteiger charge is -2.46. The zero-order valence-corrected chi connectivity index (χ0v) is 33.9. The van der Waals surface area contributed by atoms with Crippen molar-refractivity contribution in [1.82, 2.24) is 0 Å². The topological polar surface area (TPSA) is 6.48 Å². The SMILES string of the molecule is C[SiH2]c1ccc(C)c(N2c3cc4c(cc3B3c5cc6c(cc5N(c5ccccc5C)c5cc(C(C)(C)C)cc2c53)CC(C)(C)C6)CC(C)(C)C4)c1. The summed E-state index contributed by atoms with van der Waals surface area (Å²) in [5.74, 6) is 0. The minimum atomic E-state index is -0.335. The van der Waals surface area contributed by atoms with Crippen LogP contribution in [0.1, 0.15) is 87.4 Å². The first-order valence-electron chi connectivity index (χ1n) is 19.4. The van der Waals surface area contributed by atoms with Gasteiger partial charge in [-0.15, -0.1) is 0 Å². The van der Waals surface area contributed by atoms with Crippen molar-refractivity contribution in [3.8, 4) is 0 Å². The zero-order chi connectivity index (χ0) is 35.8. The van der Waals surface area contributed by atoms with E-state index in [0.717, 1.165) is 25.7 Å². The molecule has 0 atom stereocenters. The smallest absolute Gasteiger partial charge is 0.252 e. The first-order valence-corrected chi connectivity index (χ1v) is 21.5. The highest BCUT2D eigenvalue weighted by atomic mass is 28.2. The Morgan fingerprint density at radius 1 is 0.569 bits per heavy atom. The average molecular weight is 685 g/mol. The Labute approximate surface area is 309 Å². The van der Waals surface area contributed by atoms with Gasteiger partial charge in [-0.25, -0.2) is 0 Å². The van der Waals surface area contributed by atoms with Gasteiger partial charge in [0.2, 0.25) is 0 Å². The van der Waals surface area contributed by atoms with Gasteiger partial charge in [-0.1, -0.05) is 103 Å². The van der Waals surface area contributed by atoms with Crippen LogP contribution in [0.2, 0.25) is 6.55 Å². The Kier molecular flexibility index (Phi) is 7.09. The minimum absolute atomic E-state index is 0.0260. The van der Waals surface area contributed by atoms with Gasteiger partial charge in [0, 0.05) is 34.1 Å². The van der Waals surface area contributed by atoms with Crippen molar-refractivity contribution in [2.75, 3.05) is 9.80 Å². The summed E-state index contributed by atoms with van der Waals surface area (Å²) >= 11 is 0. The van der Waals surface area contributed by atoms with Crippen LogP contribution >= 0.6 is 0 Å². The van der Waals surface area contributed by atoms with Gasteiger partial charge in [0.15, 0.2) is 0 Å². The lowest BCUT2D eigenvalue weighted by atomic mass is 9.33. The zero-order valence-electron chi connectivity index (χ0n) is 32.5. The molecule has 4 heteroatoms. The maximum atomic E-state index is 2.70. The molecule has 9 rings (SSSR count). The Morgan fingerprint density at radius 3 is 1.57 bits per heavy atom. The maximum Gasteiger partial charge on any atom is 0.252 e. The highest BCUT2D eigenvalue weighted by Gasteiger charge is 2.46. The number of hydrogen-bond donors (Lipinski definition) is 0. The molecular weight excluding hydrogens is 631 g/mol. The number of nitrogens with zero attached hydrogens (tertiary/aromatic N) is 2. The highest BCUT2D eigenvalue weighted by Crippen LogP contribution is 2.49. The number of aryl methyl sites for hydroxylation is 2. The summed E-state index contributed by atoms with van der Waals surface area (Å²) in [5.41, 5.74) is 23.2. The molecule has 0 aromatic heterocycles. The van der Waals surface area contributed by atoms with Gasteiger partial charge in [0.1, 0.15) is 0 Å². The Hall–Kier alpha value is -4.02. The molecule has 0 bridgehead atoms. The Bertz CT molecular complexity index is 2290. The Balaban J connectivity index is 1.44. The van der Waals surface area contributed by atoms with E-state index in [-0.39, 0.29) is 32.5 Å². The summed E-state index contributed by atoms with van der Waals surface area (Å²) in [5, 5.41) is 1.52. The van der Waals surface area contributed by atoms with Crippen molar-refractivity contribution in [2.24, 2.45) is 10.8 Å².